The van der Waals surface area contributed by atoms with Crippen LogP contribution < -0.4 is 5.32 Å². The zero-order valence-corrected chi connectivity index (χ0v) is 14.6. The summed E-state index contributed by atoms with van der Waals surface area (Å²) in [6.07, 6.45) is 1.35. The molecule has 1 fully saturated rings. The Hall–Kier alpha value is -1.66. The smallest absolute Gasteiger partial charge is 0.309 e. The van der Waals surface area contributed by atoms with Crippen LogP contribution in [-0.2, 0) is 14.3 Å². The van der Waals surface area contributed by atoms with Crippen LogP contribution in [0.4, 0.5) is 10.1 Å². The Morgan fingerprint density at radius 3 is 2.67 bits per heavy atom. The highest BCUT2D eigenvalue weighted by Crippen LogP contribution is 2.24. The summed E-state index contributed by atoms with van der Waals surface area (Å²) >= 11 is 5.93. The third kappa shape index (κ3) is 4.68. The van der Waals surface area contributed by atoms with E-state index < -0.39 is 5.82 Å². The van der Waals surface area contributed by atoms with E-state index >= 15 is 0 Å². The zero-order chi connectivity index (χ0) is 17.7. The molecule has 24 heavy (non-hydrogen) atoms. The van der Waals surface area contributed by atoms with Crippen molar-refractivity contribution in [1.82, 2.24) is 4.90 Å². The van der Waals surface area contributed by atoms with Crippen LogP contribution >= 0.6 is 11.6 Å². The Morgan fingerprint density at radius 1 is 1.42 bits per heavy atom. The number of carbonyl (C=O) groups excluding carboxylic acids is 2. The maximum atomic E-state index is 13.0. The molecule has 0 aromatic heterocycles. The second-order valence-corrected chi connectivity index (χ2v) is 6.26. The number of anilines is 1. The molecule has 132 valence electrons. The number of carbonyl (C=O) groups is 2. The van der Waals surface area contributed by atoms with Crippen molar-refractivity contribution in [2.24, 2.45) is 5.92 Å². The third-order valence-corrected chi connectivity index (χ3v) is 4.58. The number of amides is 1. The van der Waals surface area contributed by atoms with E-state index in [2.05, 4.69) is 5.32 Å². The minimum atomic E-state index is -0.452. The predicted octanol–water partition coefficient (Wildman–Crippen LogP) is 3.08. The van der Waals surface area contributed by atoms with Gasteiger partial charge in [-0.25, -0.2) is 4.39 Å². The third-order valence-electron chi connectivity index (χ3n) is 4.27. The molecule has 1 aromatic carbocycles. The van der Waals surface area contributed by atoms with Crippen LogP contribution in [0.1, 0.15) is 26.7 Å². The van der Waals surface area contributed by atoms with Gasteiger partial charge in [0.2, 0.25) is 5.91 Å². The van der Waals surface area contributed by atoms with Gasteiger partial charge in [0, 0.05) is 0 Å². The molecule has 1 aliphatic heterocycles. The first-order valence-electron chi connectivity index (χ1n) is 8.09. The Bertz CT molecular complexity index is 603. The second-order valence-electron chi connectivity index (χ2n) is 5.85. The van der Waals surface area contributed by atoms with Crippen LogP contribution in [0.25, 0.3) is 0 Å². The number of benzene rings is 1. The molecule has 0 unspecified atom stereocenters. The summed E-state index contributed by atoms with van der Waals surface area (Å²) < 4.78 is 18.1. The Morgan fingerprint density at radius 2 is 2.08 bits per heavy atom. The Balaban J connectivity index is 1.89. The maximum Gasteiger partial charge on any atom is 0.309 e. The van der Waals surface area contributed by atoms with Crippen molar-refractivity contribution in [3.63, 3.8) is 0 Å². The fourth-order valence-electron chi connectivity index (χ4n) is 2.78. The molecule has 2 rings (SSSR count). The molecule has 7 heteroatoms. The Kier molecular flexibility index (Phi) is 6.57. The number of hydrogen-bond donors (Lipinski definition) is 1. The fourth-order valence-corrected chi connectivity index (χ4v) is 2.99. The molecule has 0 bridgehead atoms. The van der Waals surface area contributed by atoms with E-state index in [9.17, 15) is 14.0 Å². The minimum absolute atomic E-state index is 0.0944. The van der Waals surface area contributed by atoms with Gasteiger partial charge in [0.1, 0.15) is 5.82 Å². The van der Waals surface area contributed by atoms with Crippen LogP contribution in [0, 0.1) is 11.7 Å². The van der Waals surface area contributed by atoms with Crippen molar-refractivity contribution >= 4 is 29.2 Å². The zero-order valence-electron chi connectivity index (χ0n) is 13.9. The highest BCUT2D eigenvalue weighted by Gasteiger charge is 2.30. The molecule has 5 nitrogen and oxygen atoms in total. The second kappa shape index (κ2) is 8.44. The minimum Gasteiger partial charge on any atom is -0.466 e. The van der Waals surface area contributed by atoms with E-state index in [0.29, 0.717) is 38.2 Å². The fraction of sp³-hybridized carbons (Fsp3) is 0.529. The van der Waals surface area contributed by atoms with Crippen LogP contribution in [0.5, 0.6) is 0 Å². The van der Waals surface area contributed by atoms with Crippen molar-refractivity contribution in [1.29, 1.82) is 0 Å². The normalized spacial score (nSPS) is 17.3. The van der Waals surface area contributed by atoms with Crippen molar-refractivity contribution < 1.29 is 18.7 Å². The SMILES string of the molecule is CCOC(=O)C1CCN([C@@H](C)C(=O)Nc2ccc(F)cc2Cl)CC1. The summed E-state index contributed by atoms with van der Waals surface area (Å²) in [5.74, 6) is -0.916. The monoisotopic (exact) mass is 356 g/mol. The van der Waals surface area contributed by atoms with Crippen LogP contribution in [0.2, 0.25) is 5.02 Å². The van der Waals surface area contributed by atoms with E-state index in [1.165, 1.54) is 12.1 Å². The first-order valence-corrected chi connectivity index (χ1v) is 8.46. The molecule has 1 N–H and O–H groups in total. The van der Waals surface area contributed by atoms with Gasteiger partial charge in [-0.1, -0.05) is 11.6 Å². The summed E-state index contributed by atoms with van der Waals surface area (Å²) in [5, 5.41) is 2.88. The van der Waals surface area contributed by atoms with Gasteiger partial charge in [0.15, 0.2) is 0 Å². The van der Waals surface area contributed by atoms with Crippen molar-refractivity contribution in [3.8, 4) is 0 Å². The molecule has 0 radical (unpaired) electrons. The molecule has 0 saturated carbocycles. The van der Waals surface area contributed by atoms with E-state index in [-0.39, 0.29) is 28.9 Å². The van der Waals surface area contributed by atoms with Gasteiger partial charge in [-0.05, 0) is 58.0 Å². The molecular formula is C17H22ClFN2O3. The number of ether oxygens (including phenoxy) is 1. The lowest BCUT2D eigenvalue weighted by molar-refractivity contribution is -0.149. The van der Waals surface area contributed by atoms with Crippen molar-refractivity contribution in [3.05, 3.63) is 29.0 Å². The largest absolute Gasteiger partial charge is 0.466 e. The molecule has 0 spiro atoms. The average Bonchev–Trinajstić information content (AvgIpc) is 2.57. The summed E-state index contributed by atoms with van der Waals surface area (Å²) in [5.41, 5.74) is 0.385. The number of hydrogen-bond acceptors (Lipinski definition) is 4. The number of halogens is 2. The average molecular weight is 357 g/mol. The quantitative estimate of drug-likeness (QED) is 0.824. The molecule has 1 amide bonds. The molecule has 0 aliphatic carbocycles. The van der Waals surface area contributed by atoms with E-state index in [1.54, 1.807) is 13.8 Å². The maximum absolute atomic E-state index is 13.0. The van der Waals surface area contributed by atoms with Gasteiger partial charge < -0.3 is 10.1 Å². The van der Waals surface area contributed by atoms with Crippen LogP contribution in [0.15, 0.2) is 18.2 Å². The van der Waals surface area contributed by atoms with Crippen LogP contribution in [0.3, 0.4) is 0 Å². The first-order chi connectivity index (χ1) is 11.4. The molecule has 1 aromatic rings. The molecule has 1 aliphatic rings. The number of nitrogens with zero attached hydrogens (tertiary/aromatic N) is 1. The molecule has 1 heterocycles. The highest BCUT2D eigenvalue weighted by molar-refractivity contribution is 6.33. The number of likely N-dealkylation sites (tertiary alicyclic amines) is 1. The number of rotatable bonds is 5. The standard InChI is InChI=1S/C17H22ClFN2O3/c1-3-24-17(23)12-6-8-21(9-7-12)11(2)16(22)20-15-5-4-13(19)10-14(15)18/h4-5,10-12H,3,6-9H2,1-2H3,(H,20,22)/t11-/m0/s1. The van der Waals surface area contributed by atoms with Gasteiger partial charge in [-0.15, -0.1) is 0 Å². The predicted molar refractivity (Wildman–Crippen MR) is 90.4 cm³/mol. The summed E-state index contributed by atoms with van der Waals surface area (Å²) in [7, 11) is 0. The van der Waals surface area contributed by atoms with E-state index in [0.717, 1.165) is 6.07 Å². The van der Waals surface area contributed by atoms with E-state index in [4.69, 9.17) is 16.3 Å². The Labute approximate surface area is 146 Å². The van der Waals surface area contributed by atoms with Crippen LogP contribution in [-0.4, -0.2) is 42.5 Å². The number of nitrogens with one attached hydrogen (secondary N) is 1. The topological polar surface area (TPSA) is 58.6 Å². The highest BCUT2D eigenvalue weighted by atomic mass is 35.5. The van der Waals surface area contributed by atoms with Gasteiger partial charge >= 0.3 is 5.97 Å². The lowest BCUT2D eigenvalue weighted by Crippen LogP contribution is -2.47. The molecule has 1 saturated heterocycles. The summed E-state index contributed by atoms with van der Waals surface area (Å²) in [6, 6.07) is 3.48. The lowest BCUT2D eigenvalue weighted by atomic mass is 9.96. The summed E-state index contributed by atoms with van der Waals surface area (Å²) in [6.45, 7) is 5.28. The number of esters is 1. The van der Waals surface area contributed by atoms with E-state index in [1.807, 2.05) is 4.90 Å². The van der Waals surface area contributed by atoms with Gasteiger partial charge in [0.25, 0.3) is 0 Å². The van der Waals surface area contributed by atoms with Gasteiger partial charge in [-0.3, -0.25) is 14.5 Å². The lowest BCUT2D eigenvalue weighted by Gasteiger charge is -2.34. The summed E-state index contributed by atoms with van der Waals surface area (Å²) in [4.78, 5) is 26.1. The molecular weight excluding hydrogens is 335 g/mol. The van der Waals surface area contributed by atoms with Crippen molar-refractivity contribution in [2.45, 2.75) is 32.7 Å². The number of piperidine rings is 1. The van der Waals surface area contributed by atoms with Gasteiger partial charge in [0.05, 0.1) is 29.3 Å². The molecule has 1 atom stereocenters. The first kappa shape index (κ1) is 18.7. The van der Waals surface area contributed by atoms with Crippen molar-refractivity contribution in [2.75, 3.05) is 25.0 Å². The van der Waals surface area contributed by atoms with Gasteiger partial charge in [-0.2, -0.15) is 0 Å².